The molecule has 1 aromatic heterocycles. The van der Waals surface area contributed by atoms with E-state index in [-0.39, 0.29) is 0 Å². The van der Waals surface area contributed by atoms with Crippen LogP contribution in [0.4, 0.5) is 0 Å². The number of hydrogen-bond acceptors (Lipinski definition) is 1. The van der Waals surface area contributed by atoms with E-state index in [1.807, 2.05) is 25.2 Å². The molecule has 70 valence electrons. The molecule has 0 atom stereocenters. The molecular weight excluding hydrogens is 176 g/mol. The van der Waals surface area contributed by atoms with Crippen LogP contribution in [0.1, 0.15) is 24.3 Å². The van der Waals surface area contributed by atoms with E-state index in [0.29, 0.717) is 0 Å². The fraction of sp³-hybridized carbons (Fsp3) is 0.333. The van der Waals surface area contributed by atoms with E-state index >= 15 is 0 Å². The fourth-order valence-electron chi connectivity index (χ4n) is 1.30. The minimum atomic E-state index is 1.41. The third kappa shape index (κ3) is 1.92. The van der Waals surface area contributed by atoms with Crippen LogP contribution in [-0.2, 0) is 0 Å². The second-order valence-corrected chi connectivity index (χ2v) is 4.04. The van der Waals surface area contributed by atoms with Crippen molar-refractivity contribution in [1.82, 2.24) is 0 Å². The van der Waals surface area contributed by atoms with Gasteiger partial charge in [0.05, 0.1) is 0 Å². The van der Waals surface area contributed by atoms with Crippen molar-refractivity contribution >= 4 is 21.4 Å². The summed E-state index contributed by atoms with van der Waals surface area (Å²) in [6.07, 6.45) is 0. The van der Waals surface area contributed by atoms with Gasteiger partial charge in [-0.25, -0.2) is 0 Å². The Morgan fingerprint density at radius 2 is 1.62 bits per heavy atom. The first kappa shape index (κ1) is 10.3. The molecule has 0 fully saturated rings. The van der Waals surface area contributed by atoms with E-state index < -0.39 is 0 Å². The lowest BCUT2D eigenvalue weighted by Crippen LogP contribution is -1.68. The average Bonchev–Trinajstić information content (AvgIpc) is 2.47. The summed E-state index contributed by atoms with van der Waals surface area (Å²) in [6, 6.07) is 8.56. The van der Waals surface area contributed by atoms with Crippen molar-refractivity contribution in [1.29, 1.82) is 0 Å². The lowest BCUT2D eigenvalue weighted by atomic mass is 10.2. The van der Waals surface area contributed by atoms with Gasteiger partial charge in [-0.2, -0.15) is 0 Å². The molecule has 1 heteroatoms. The lowest BCUT2D eigenvalue weighted by Gasteiger charge is -1.88. The van der Waals surface area contributed by atoms with Gasteiger partial charge in [-0.3, -0.25) is 0 Å². The summed E-state index contributed by atoms with van der Waals surface area (Å²) in [6.45, 7) is 8.37. The maximum Gasteiger partial charge on any atom is 0.0348 e. The fourth-order valence-corrected chi connectivity index (χ4v) is 2.37. The number of rotatable bonds is 0. The molecular formula is C12H16S. The summed E-state index contributed by atoms with van der Waals surface area (Å²) in [5.41, 5.74) is 1.44. The van der Waals surface area contributed by atoms with Crippen LogP contribution >= 0.6 is 11.3 Å². The smallest absolute Gasteiger partial charge is 0.0348 e. The molecule has 0 bridgehead atoms. The Morgan fingerprint density at radius 1 is 1.00 bits per heavy atom. The van der Waals surface area contributed by atoms with Gasteiger partial charge in [0.25, 0.3) is 0 Å². The van der Waals surface area contributed by atoms with Gasteiger partial charge in [0.15, 0.2) is 0 Å². The minimum Gasteiger partial charge on any atom is -0.140 e. The van der Waals surface area contributed by atoms with Crippen LogP contribution in [0.2, 0.25) is 0 Å². The van der Waals surface area contributed by atoms with Gasteiger partial charge < -0.3 is 0 Å². The highest BCUT2D eigenvalue weighted by molar-refractivity contribution is 7.19. The summed E-state index contributed by atoms with van der Waals surface area (Å²) in [5, 5.41) is 1.41. The summed E-state index contributed by atoms with van der Waals surface area (Å²) in [4.78, 5) is 1.44. The Hall–Kier alpha value is -0.820. The summed E-state index contributed by atoms with van der Waals surface area (Å²) in [5.74, 6) is 0. The highest BCUT2D eigenvalue weighted by Crippen LogP contribution is 2.29. The van der Waals surface area contributed by atoms with Gasteiger partial charge in [0.1, 0.15) is 0 Å². The van der Waals surface area contributed by atoms with E-state index in [1.165, 1.54) is 20.5 Å². The summed E-state index contributed by atoms with van der Waals surface area (Å²) < 4.78 is 1.41. The Morgan fingerprint density at radius 3 is 2.23 bits per heavy atom. The van der Waals surface area contributed by atoms with Gasteiger partial charge >= 0.3 is 0 Å². The highest BCUT2D eigenvalue weighted by atomic mass is 32.1. The van der Waals surface area contributed by atoms with Gasteiger partial charge in [-0.15, -0.1) is 11.3 Å². The Balaban J connectivity index is 0.000000396. The molecule has 0 aliphatic rings. The third-order valence-corrected chi connectivity index (χ3v) is 3.27. The normalized spacial score (nSPS) is 9.54. The maximum atomic E-state index is 2.19. The molecule has 0 amide bonds. The van der Waals surface area contributed by atoms with E-state index in [0.717, 1.165) is 0 Å². The predicted octanol–water partition coefficient (Wildman–Crippen LogP) is 4.54. The van der Waals surface area contributed by atoms with Gasteiger partial charge in [-0.1, -0.05) is 32.0 Å². The molecule has 2 rings (SSSR count). The van der Waals surface area contributed by atoms with Crippen LogP contribution in [0, 0.1) is 13.8 Å². The third-order valence-electron chi connectivity index (χ3n) is 2.08. The highest BCUT2D eigenvalue weighted by Gasteiger charge is 2.01. The van der Waals surface area contributed by atoms with Crippen molar-refractivity contribution in [3.05, 3.63) is 34.7 Å². The molecule has 1 heterocycles. The van der Waals surface area contributed by atoms with Crippen molar-refractivity contribution in [2.75, 3.05) is 0 Å². The minimum absolute atomic E-state index is 1.41. The van der Waals surface area contributed by atoms with Crippen LogP contribution in [0.15, 0.2) is 24.3 Å². The van der Waals surface area contributed by atoms with E-state index in [9.17, 15) is 0 Å². The number of thiophene rings is 1. The zero-order valence-corrected chi connectivity index (χ0v) is 9.53. The van der Waals surface area contributed by atoms with Crippen molar-refractivity contribution < 1.29 is 0 Å². The molecule has 0 spiro atoms. The Bertz CT molecular complexity index is 385. The zero-order valence-electron chi connectivity index (χ0n) is 8.72. The Labute approximate surface area is 84.2 Å². The molecule has 13 heavy (non-hydrogen) atoms. The van der Waals surface area contributed by atoms with Gasteiger partial charge in [-0.05, 0) is 30.9 Å². The number of benzene rings is 1. The summed E-state index contributed by atoms with van der Waals surface area (Å²) in [7, 11) is 0. The lowest BCUT2D eigenvalue weighted by molar-refractivity contribution is 1.47. The number of fused-ring (bicyclic) bond motifs is 1. The molecule has 0 aliphatic carbocycles. The second-order valence-electron chi connectivity index (χ2n) is 2.78. The van der Waals surface area contributed by atoms with Crippen molar-refractivity contribution in [2.45, 2.75) is 27.7 Å². The first-order chi connectivity index (χ1) is 6.29. The standard InChI is InChI=1S/C10H10S.C2H6/c1-7-8(2)11-10-6-4-3-5-9(7)10;1-2/h3-6H,1-2H3;1-2H3. The van der Waals surface area contributed by atoms with Crippen molar-refractivity contribution in [3.63, 3.8) is 0 Å². The first-order valence-electron chi connectivity index (χ1n) is 4.74. The van der Waals surface area contributed by atoms with Crippen LogP contribution in [0.25, 0.3) is 10.1 Å². The molecule has 0 saturated heterocycles. The van der Waals surface area contributed by atoms with Crippen LogP contribution in [-0.4, -0.2) is 0 Å². The molecule has 0 unspecified atom stereocenters. The molecule has 2 aromatic rings. The quantitative estimate of drug-likeness (QED) is 0.574. The SMILES string of the molecule is CC.Cc1sc2ccccc2c1C. The van der Waals surface area contributed by atoms with E-state index in [2.05, 4.69) is 38.1 Å². The molecule has 0 nitrogen and oxygen atoms in total. The molecule has 0 N–H and O–H groups in total. The number of aryl methyl sites for hydroxylation is 2. The van der Waals surface area contributed by atoms with Gasteiger partial charge in [0.2, 0.25) is 0 Å². The predicted molar refractivity (Wildman–Crippen MR) is 62.6 cm³/mol. The van der Waals surface area contributed by atoms with E-state index in [4.69, 9.17) is 0 Å². The van der Waals surface area contributed by atoms with Crippen LogP contribution in [0.3, 0.4) is 0 Å². The molecule has 0 aliphatic heterocycles. The van der Waals surface area contributed by atoms with Gasteiger partial charge in [0, 0.05) is 9.58 Å². The molecule has 1 aromatic carbocycles. The second kappa shape index (κ2) is 4.43. The topological polar surface area (TPSA) is 0 Å². The van der Waals surface area contributed by atoms with E-state index in [1.54, 1.807) is 0 Å². The van der Waals surface area contributed by atoms with Crippen LogP contribution < -0.4 is 0 Å². The molecule has 0 radical (unpaired) electrons. The first-order valence-corrected chi connectivity index (χ1v) is 5.55. The number of hydrogen-bond donors (Lipinski definition) is 0. The summed E-state index contributed by atoms with van der Waals surface area (Å²) >= 11 is 1.88. The average molecular weight is 192 g/mol. The van der Waals surface area contributed by atoms with Crippen molar-refractivity contribution in [2.24, 2.45) is 0 Å². The molecule has 0 saturated carbocycles. The van der Waals surface area contributed by atoms with Crippen molar-refractivity contribution in [3.8, 4) is 0 Å². The zero-order chi connectivity index (χ0) is 9.84. The Kier molecular flexibility index (Phi) is 3.49. The maximum absolute atomic E-state index is 2.19. The largest absolute Gasteiger partial charge is 0.140 e. The van der Waals surface area contributed by atoms with Crippen LogP contribution in [0.5, 0.6) is 0 Å². The monoisotopic (exact) mass is 192 g/mol.